The summed E-state index contributed by atoms with van der Waals surface area (Å²) >= 11 is 0. The second-order valence-corrected chi connectivity index (χ2v) is 6.77. The Bertz CT molecular complexity index is 714. The number of carbonyl (C=O) groups is 2. The molecule has 1 aromatic carbocycles. The van der Waals surface area contributed by atoms with Crippen molar-refractivity contribution in [3.63, 3.8) is 0 Å². The molecule has 1 saturated heterocycles. The van der Waals surface area contributed by atoms with Gasteiger partial charge in [0, 0.05) is 24.6 Å². The second-order valence-electron chi connectivity index (χ2n) is 6.77. The maximum atomic E-state index is 14.8. The van der Waals surface area contributed by atoms with Crippen molar-refractivity contribution < 1.29 is 23.6 Å². The van der Waals surface area contributed by atoms with Gasteiger partial charge in [-0.3, -0.25) is 14.9 Å². The molecule has 1 heterocycles. The van der Waals surface area contributed by atoms with E-state index in [2.05, 4.69) is 5.32 Å². The van der Waals surface area contributed by atoms with E-state index in [0.717, 1.165) is 12.1 Å². The van der Waals surface area contributed by atoms with Crippen LogP contribution in [0.15, 0.2) is 12.1 Å². The lowest BCUT2D eigenvalue weighted by Crippen LogP contribution is -2.42. The minimum absolute atomic E-state index is 0.131. The van der Waals surface area contributed by atoms with E-state index in [0.29, 0.717) is 19.4 Å². The van der Waals surface area contributed by atoms with Gasteiger partial charge >= 0.3 is 11.8 Å². The van der Waals surface area contributed by atoms with E-state index in [1.807, 2.05) is 0 Å². The number of hydrogen-bond donors (Lipinski definition) is 1. The summed E-state index contributed by atoms with van der Waals surface area (Å²) in [5.41, 5.74) is -1.48. The summed E-state index contributed by atoms with van der Waals surface area (Å²) in [6, 6.07) is 2.19. The quantitative estimate of drug-likeness (QED) is 0.664. The van der Waals surface area contributed by atoms with Crippen LogP contribution in [0.5, 0.6) is 5.75 Å². The number of nitro groups is 1. The van der Waals surface area contributed by atoms with Crippen LogP contribution in [0.1, 0.15) is 40.0 Å². The zero-order valence-electron chi connectivity index (χ0n) is 14.3. The van der Waals surface area contributed by atoms with E-state index in [1.54, 1.807) is 20.8 Å². The summed E-state index contributed by atoms with van der Waals surface area (Å²) < 4.78 is 19.7. The van der Waals surface area contributed by atoms with Crippen molar-refractivity contribution in [3.05, 3.63) is 28.1 Å². The summed E-state index contributed by atoms with van der Waals surface area (Å²) in [6.07, 6.45) is 0.665. The van der Waals surface area contributed by atoms with Crippen LogP contribution in [0.25, 0.3) is 0 Å². The lowest BCUT2D eigenvalue weighted by Gasteiger charge is -2.27. The van der Waals surface area contributed by atoms with Gasteiger partial charge in [0.1, 0.15) is 0 Å². The van der Waals surface area contributed by atoms with Gasteiger partial charge in [-0.05, 0) is 39.7 Å². The fourth-order valence-corrected chi connectivity index (χ4v) is 2.47. The maximum absolute atomic E-state index is 14.8. The van der Waals surface area contributed by atoms with E-state index in [4.69, 9.17) is 4.74 Å². The molecule has 9 heteroatoms. The van der Waals surface area contributed by atoms with Crippen LogP contribution in [0, 0.1) is 15.9 Å². The van der Waals surface area contributed by atoms with Crippen LogP contribution in [0.4, 0.5) is 20.6 Å². The maximum Gasteiger partial charge on any atom is 0.413 e. The number of hydrogen-bond acceptors (Lipinski definition) is 5. The number of nitrogens with one attached hydrogen (secondary N) is 1. The Hall–Kier alpha value is -2.71. The van der Waals surface area contributed by atoms with Gasteiger partial charge in [0.05, 0.1) is 10.6 Å². The van der Waals surface area contributed by atoms with E-state index in [9.17, 15) is 24.1 Å². The standard InChI is InChI=1S/C16H20FN3O5/c1-16(2,3)18-15(22)25-14-11(20(23)24)8-7-10(13(14)17)19-9-5-4-6-12(19)21/h7-8H,4-6,9H2,1-3H3,(H,18,22). The van der Waals surface area contributed by atoms with Crippen molar-refractivity contribution in [3.8, 4) is 5.75 Å². The lowest BCUT2D eigenvalue weighted by atomic mass is 10.1. The third-order valence-corrected chi connectivity index (χ3v) is 3.54. The topological polar surface area (TPSA) is 102 Å². The molecule has 2 amide bonds. The molecule has 1 N–H and O–H groups in total. The monoisotopic (exact) mass is 353 g/mol. The predicted molar refractivity (Wildman–Crippen MR) is 88.2 cm³/mol. The molecule has 0 aliphatic carbocycles. The Balaban J connectivity index is 2.41. The Morgan fingerprint density at radius 3 is 2.60 bits per heavy atom. The Morgan fingerprint density at radius 2 is 2.04 bits per heavy atom. The zero-order chi connectivity index (χ0) is 18.8. The molecule has 0 radical (unpaired) electrons. The van der Waals surface area contributed by atoms with Crippen molar-refractivity contribution in [2.24, 2.45) is 0 Å². The van der Waals surface area contributed by atoms with Gasteiger partial charge in [0.25, 0.3) is 0 Å². The molecular formula is C16H20FN3O5. The highest BCUT2D eigenvalue weighted by molar-refractivity contribution is 5.94. The number of carbonyl (C=O) groups excluding carboxylic acids is 2. The normalized spacial score (nSPS) is 15.0. The summed E-state index contributed by atoms with van der Waals surface area (Å²) in [7, 11) is 0. The van der Waals surface area contributed by atoms with Crippen LogP contribution in [0.2, 0.25) is 0 Å². The number of anilines is 1. The SMILES string of the molecule is CC(C)(C)NC(=O)Oc1c([N+](=O)[O-])ccc(N2CCCCC2=O)c1F. The smallest absolute Gasteiger partial charge is 0.400 e. The molecule has 1 aromatic rings. The second kappa shape index (κ2) is 7.04. The molecule has 1 aliphatic rings. The first-order valence-electron chi connectivity index (χ1n) is 7.87. The molecule has 25 heavy (non-hydrogen) atoms. The number of ether oxygens (including phenoxy) is 1. The van der Waals surface area contributed by atoms with Crippen molar-refractivity contribution >= 4 is 23.4 Å². The third-order valence-electron chi connectivity index (χ3n) is 3.54. The number of benzene rings is 1. The molecule has 1 fully saturated rings. The molecule has 0 saturated carbocycles. The zero-order valence-corrected chi connectivity index (χ0v) is 14.3. The van der Waals surface area contributed by atoms with Crippen LogP contribution in [-0.2, 0) is 4.79 Å². The first-order chi connectivity index (χ1) is 11.6. The first-order valence-corrected chi connectivity index (χ1v) is 7.87. The van der Waals surface area contributed by atoms with Gasteiger partial charge in [0.2, 0.25) is 11.7 Å². The average Bonchev–Trinajstić information content (AvgIpc) is 2.48. The molecule has 1 aliphatic heterocycles. The highest BCUT2D eigenvalue weighted by Gasteiger charge is 2.31. The highest BCUT2D eigenvalue weighted by atomic mass is 19.1. The first kappa shape index (κ1) is 18.6. The van der Waals surface area contributed by atoms with Gasteiger partial charge in [0.15, 0.2) is 5.82 Å². The number of nitro benzene ring substituents is 1. The highest BCUT2D eigenvalue weighted by Crippen LogP contribution is 2.37. The summed E-state index contributed by atoms with van der Waals surface area (Å²) in [4.78, 5) is 35.4. The van der Waals surface area contributed by atoms with Crippen molar-refractivity contribution in [2.75, 3.05) is 11.4 Å². The molecule has 8 nitrogen and oxygen atoms in total. The van der Waals surface area contributed by atoms with Crippen molar-refractivity contribution in [2.45, 2.75) is 45.6 Å². The third kappa shape index (κ3) is 4.43. The average molecular weight is 353 g/mol. The summed E-state index contributed by atoms with van der Waals surface area (Å²) in [5.74, 6) is -2.18. The van der Waals surface area contributed by atoms with E-state index >= 15 is 0 Å². The Labute approximate surface area is 144 Å². The minimum atomic E-state index is -1.10. The molecular weight excluding hydrogens is 333 g/mol. The molecule has 2 rings (SSSR count). The largest absolute Gasteiger partial charge is 0.413 e. The van der Waals surface area contributed by atoms with E-state index < -0.39 is 33.8 Å². The van der Waals surface area contributed by atoms with Gasteiger partial charge in [-0.2, -0.15) is 0 Å². The van der Waals surface area contributed by atoms with E-state index in [1.165, 1.54) is 4.90 Å². The molecule has 0 aromatic heterocycles. The Morgan fingerprint density at radius 1 is 1.36 bits per heavy atom. The minimum Gasteiger partial charge on any atom is -0.400 e. The lowest BCUT2D eigenvalue weighted by molar-refractivity contribution is -0.385. The van der Waals surface area contributed by atoms with Crippen LogP contribution >= 0.6 is 0 Å². The van der Waals surface area contributed by atoms with Crippen molar-refractivity contribution in [1.82, 2.24) is 5.32 Å². The Kier molecular flexibility index (Phi) is 5.24. The molecule has 0 bridgehead atoms. The summed E-state index contributed by atoms with van der Waals surface area (Å²) in [6.45, 7) is 5.35. The number of halogens is 1. The van der Waals surface area contributed by atoms with Crippen LogP contribution in [0.3, 0.4) is 0 Å². The fraction of sp³-hybridized carbons (Fsp3) is 0.500. The van der Waals surface area contributed by atoms with Crippen LogP contribution in [-0.4, -0.2) is 29.0 Å². The number of nitrogens with zero attached hydrogens (tertiary/aromatic N) is 2. The predicted octanol–water partition coefficient (Wildman–Crippen LogP) is 3.14. The molecule has 0 unspecified atom stereocenters. The molecule has 0 atom stereocenters. The fourth-order valence-electron chi connectivity index (χ4n) is 2.47. The van der Waals surface area contributed by atoms with Gasteiger partial charge < -0.3 is 15.0 Å². The van der Waals surface area contributed by atoms with E-state index in [-0.39, 0.29) is 18.0 Å². The number of piperidine rings is 1. The summed E-state index contributed by atoms with van der Waals surface area (Å²) in [5, 5.41) is 13.6. The molecule has 136 valence electrons. The van der Waals surface area contributed by atoms with Gasteiger partial charge in [-0.1, -0.05) is 0 Å². The van der Waals surface area contributed by atoms with Crippen LogP contribution < -0.4 is 15.0 Å². The van der Waals surface area contributed by atoms with Gasteiger partial charge in [-0.25, -0.2) is 9.18 Å². The molecule has 0 spiro atoms. The van der Waals surface area contributed by atoms with Crippen molar-refractivity contribution in [1.29, 1.82) is 0 Å². The van der Waals surface area contributed by atoms with Gasteiger partial charge in [-0.15, -0.1) is 0 Å². The number of rotatable bonds is 3. The number of amides is 2.